The largest absolute Gasteiger partial charge is 0.367 e. The molecule has 0 spiro atoms. The molecule has 0 unspecified atom stereocenters. The Labute approximate surface area is 86.0 Å². The van der Waals surface area contributed by atoms with E-state index in [0.717, 1.165) is 0 Å². The van der Waals surface area contributed by atoms with Gasteiger partial charge in [0.15, 0.2) is 0 Å². The van der Waals surface area contributed by atoms with Gasteiger partial charge in [-0.05, 0) is 6.07 Å². The van der Waals surface area contributed by atoms with Crippen molar-refractivity contribution in [3.8, 4) is 12.3 Å². The van der Waals surface area contributed by atoms with Crippen molar-refractivity contribution in [1.82, 2.24) is 0 Å². The number of anilines is 1. The number of rotatable bonds is 3. The summed E-state index contributed by atoms with van der Waals surface area (Å²) in [6.45, 7) is 0.199. The molecule has 0 aliphatic carbocycles. The second-order valence-electron chi connectivity index (χ2n) is 2.45. The fraction of sp³-hybridized carbons (Fsp3) is 0.111. The zero-order valence-electron chi connectivity index (χ0n) is 7.16. The normalized spacial score (nSPS) is 9.14. The van der Waals surface area contributed by atoms with E-state index in [4.69, 9.17) is 18.0 Å². The molecule has 72 valence electrons. The highest BCUT2D eigenvalue weighted by Gasteiger charge is 2.15. The molecular formula is C9H7ClN2O2. The van der Waals surface area contributed by atoms with Gasteiger partial charge in [0.05, 0.1) is 16.5 Å². The van der Waals surface area contributed by atoms with E-state index >= 15 is 0 Å². The van der Waals surface area contributed by atoms with E-state index < -0.39 is 4.92 Å². The monoisotopic (exact) mass is 210 g/mol. The van der Waals surface area contributed by atoms with Crippen molar-refractivity contribution in [3.05, 3.63) is 33.3 Å². The van der Waals surface area contributed by atoms with Crippen LogP contribution in [0.1, 0.15) is 0 Å². The Kier molecular flexibility index (Phi) is 3.32. The van der Waals surface area contributed by atoms with Gasteiger partial charge in [0.2, 0.25) is 0 Å². The van der Waals surface area contributed by atoms with E-state index in [1.54, 1.807) is 6.07 Å². The number of hydrogen-bond donors (Lipinski definition) is 1. The van der Waals surface area contributed by atoms with Crippen molar-refractivity contribution in [1.29, 1.82) is 0 Å². The van der Waals surface area contributed by atoms with Crippen LogP contribution in [0.2, 0.25) is 5.02 Å². The summed E-state index contributed by atoms with van der Waals surface area (Å²) in [6, 6.07) is 4.44. The van der Waals surface area contributed by atoms with Crippen LogP contribution >= 0.6 is 11.6 Å². The number of nitrogens with zero attached hydrogens (tertiary/aromatic N) is 1. The summed E-state index contributed by atoms with van der Waals surface area (Å²) in [6.07, 6.45) is 5.03. The summed E-state index contributed by atoms with van der Waals surface area (Å²) in [7, 11) is 0. The molecule has 0 heterocycles. The SMILES string of the molecule is C#CCNc1c(Cl)cccc1[N+](=O)[O-]. The van der Waals surface area contributed by atoms with Crippen LogP contribution in [0, 0.1) is 22.5 Å². The van der Waals surface area contributed by atoms with Crippen molar-refractivity contribution in [2.45, 2.75) is 0 Å². The topological polar surface area (TPSA) is 55.2 Å². The molecule has 0 amide bonds. The van der Waals surface area contributed by atoms with Gasteiger partial charge in [-0.1, -0.05) is 23.6 Å². The number of benzene rings is 1. The Morgan fingerprint density at radius 1 is 1.64 bits per heavy atom. The van der Waals surface area contributed by atoms with E-state index in [9.17, 15) is 10.1 Å². The molecule has 0 saturated carbocycles. The summed E-state index contributed by atoms with van der Waals surface area (Å²) in [5.74, 6) is 2.32. The highest BCUT2D eigenvalue weighted by Crippen LogP contribution is 2.31. The lowest BCUT2D eigenvalue weighted by Crippen LogP contribution is -2.02. The third-order valence-corrected chi connectivity index (χ3v) is 1.87. The van der Waals surface area contributed by atoms with Crippen LogP contribution in [0.4, 0.5) is 11.4 Å². The van der Waals surface area contributed by atoms with Gasteiger partial charge >= 0.3 is 0 Å². The number of terminal acetylenes is 1. The number of halogens is 1. The number of nitro groups is 1. The molecule has 0 fully saturated rings. The number of nitrogens with one attached hydrogen (secondary N) is 1. The Morgan fingerprint density at radius 2 is 2.36 bits per heavy atom. The van der Waals surface area contributed by atoms with Gasteiger partial charge in [-0.2, -0.15) is 0 Å². The second-order valence-corrected chi connectivity index (χ2v) is 2.86. The van der Waals surface area contributed by atoms with Crippen LogP contribution in [-0.4, -0.2) is 11.5 Å². The molecule has 0 atom stereocenters. The van der Waals surface area contributed by atoms with Crippen molar-refractivity contribution in [2.75, 3.05) is 11.9 Å². The van der Waals surface area contributed by atoms with Crippen LogP contribution in [0.3, 0.4) is 0 Å². The Hall–Kier alpha value is -1.73. The summed E-state index contributed by atoms with van der Waals surface area (Å²) < 4.78 is 0. The van der Waals surface area contributed by atoms with Crippen LogP contribution in [0.5, 0.6) is 0 Å². The summed E-state index contributed by atoms with van der Waals surface area (Å²) in [5.41, 5.74) is 0.185. The first kappa shape index (κ1) is 10.4. The lowest BCUT2D eigenvalue weighted by atomic mass is 10.2. The first-order valence-electron chi connectivity index (χ1n) is 3.77. The average Bonchev–Trinajstić information content (AvgIpc) is 2.15. The molecule has 0 aromatic heterocycles. The minimum Gasteiger partial charge on any atom is -0.367 e. The third-order valence-electron chi connectivity index (χ3n) is 1.56. The lowest BCUT2D eigenvalue weighted by Gasteiger charge is -2.05. The molecule has 1 rings (SSSR count). The molecule has 1 N–H and O–H groups in total. The molecule has 4 nitrogen and oxygen atoms in total. The van der Waals surface area contributed by atoms with Gasteiger partial charge in [-0.15, -0.1) is 6.42 Å². The van der Waals surface area contributed by atoms with E-state index in [-0.39, 0.29) is 22.9 Å². The van der Waals surface area contributed by atoms with E-state index in [0.29, 0.717) is 0 Å². The van der Waals surface area contributed by atoms with Gasteiger partial charge in [-0.25, -0.2) is 0 Å². The molecule has 0 bridgehead atoms. The maximum Gasteiger partial charge on any atom is 0.293 e. The Balaban J connectivity index is 3.10. The van der Waals surface area contributed by atoms with Crippen LogP contribution in [0.25, 0.3) is 0 Å². The lowest BCUT2D eigenvalue weighted by molar-refractivity contribution is -0.383. The highest BCUT2D eigenvalue weighted by molar-refractivity contribution is 6.33. The maximum absolute atomic E-state index is 10.6. The molecule has 0 aliphatic rings. The maximum atomic E-state index is 10.6. The predicted octanol–water partition coefficient (Wildman–Crippen LogP) is 2.29. The summed E-state index contributed by atoms with van der Waals surface area (Å²) in [4.78, 5) is 10.1. The highest BCUT2D eigenvalue weighted by atomic mass is 35.5. The molecule has 0 aliphatic heterocycles. The zero-order chi connectivity index (χ0) is 10.6. The van der Waals surface area contributed by atoms with Crippen molar-refractivity contribution >= 4 is 23.0 Å². The molecule has 1 aromatic rings. The fourth-order valence-electron chi connectivity index (χ4n) is 0.979. The van der Waals surface area contributed by atoms with Gasteiger partial charge in [0.1, 0.15) is 5.69 Å². The van der Waals surface area contributed by atoms with Gasteiger partial charge < -0.3 is 5.32 Å². The second kappa shape index (κ2) is 4.49. The van der Waals surface area contributed by atoms with Gasteiger partial charge in [-0.3, -0.25) is 10.1 Å². The van der Waals surface area contributed by atoms with E-state index in [2.05, 4.69) is 11.2 Å². The Morgan fingerprint density at radius 3 is 2.93 bits per heavy atom. The molecule has 0 radical (unpaired) electrons. The fourth-order valence-corrected chi connectivity index (χ4v) is 1.22. The number of nitro benzene ring substituents is 1. The molecule has 0 saturated heterocycles. The molecule has 1 aromatic carbocycles. The van der Waals surface area contributed by atoms with Gasteiger partial charge in [0.25, 0.3) is 5.69 Å². The number of hydrogen-bond acceptors (Lipinski definition) is 3. The van der Waals surface area contributed by atoms with Crippen molar-refractivity contribution < 1.29 is 4.92 Å². The molecule has 5 heteroatoms. The summed E-state index contributed by atoms with van der Waals surface area (Å²) in [5, 5.41) is 13.6. The van der Waals surface area contributed by atoms with Crippen molar-refractivity contribution in [2.24, 2.45) is 0 Å². The van der Waals surface area contributed by atoms with Crippen LogP contribution in [0.15, 0.2) is 18.2 Å². The van der Waals surface area contributed by atoms with Crippen LogP contribution in [-0.2, 0) is 0 Å². The first-order chi connectivity index (χ1) is 6.66. The first-order valence-corrected chi connectivity index (χ1v) is 4.15. The molecule has 14 heavy (non-hydrogen) atoms. The van der Waals surface area contributed by atoms with Crippen LogP contribution < -0.4 is 5.32 Å². The average molecular weight is 211 g/mol. The molecular weight excluding hydrogens is 204 g/mol. The summed E-state index contributed by atoms with van der Waals surface area (Å²) >= 11 is 5.77. The quantitative estimate of drug-likeness (QED) is 0.473. The minimum atomic E-state index is -0.509. The van der Waals surface area contributed by atoms with E-state index in [1.165, 1.54) is 12.1 Å². The Bertz CT molecular complexity index is 398. The standard InChI is InChI=1S/C9H7ClN2O2/c1-2-6-11-9-7(10)4-3-5-8(9)12(13)14/h1,3-5,11H,6H2. The third kappa shape index (κ3) is 2.15. The van der Waals surface area contributed by atoms with Crippen molar-refractivity contribution in [3.63, 3.8) is 0 Å². The van der Waals surface area contributed by atoms with Gasteiger partial charge in [0, 0.05) is 6.07 Å². The predicted molar refractivity (Wildman–Crippen MR) is 55.4 cm³/mol. The zero-order valence-corrected chi connectivity index (χ0v) is 7.91. The smallest absolute Gasteiger partial charge is 0.293 e. The number of para-hydroxylation sites is 1. The van der Waals surface area contributed by atoms with E-state index in [1.807, 2.05) is 0 Å². The minimum absolute atomic E-state index is 0.0762.